The molecular formula is C24H24Cl4F3NO3. The lowest BCUT2D eigenvalue weighted by Gasteiger charge is -2.18. The Morgan fingerprint density at radius 3 is 2.09 bits per heavy atom. The Labute approximate surface area is 222 Å². The first-order valence-electron chi connectivity index (χ1n) is 10.4. The topological polar surface area (TPSA) is 40.0 Å². The normalized spacial score (nSPS) is 12.3. The van der Waals surface area contributed by atoms with Gasteiger partial charge in [0.15, 0.2) is 11.5 Å². The predicted molar refractivity (Wildman–Crippen MR) is 135 cm³/mol. The van der Waals surface area contributed by atoms with Gasteiger partial charge < -0.3 is 14.3 Å². The van der Waals surface area contributed by atoms with Crippen molar-refractivity contribution in [3.63, 3.8) is 0 Å². The molecule has 4 nitrogen and oxygen atoms in total. The Balaban J connectivity index is 1.94. The Morgan fingerprint density at radius 1 is 0.971 bits per heavy atom. The summed E-state index contributed by atoms with van der Waals surface area (Å²) in [7, 11) is 0. The van der Waals surface area contributed by atoms with E-state index in [1.165, 1.54) is 18.2 Å². The molecule has 35 heavy (non-hydrogen) atoms. The van der Waals surface area contributed by atoms with Crippen molar-refractivity contribution in [1.29, 1.82) is 0 Å². The van der Waals surface area contributed by atoms with E-state index in [4.69, 9.17) is 60.7 Å². The zero-order chi connectivity index (χ0) is 26.2. The number of nitrogens with zero attached hydrogens (tertiary/aromatic N) is 1. The summed E-state index contributed by atoms with van der Waals surface area (Å²) in [5, 5.41) is 3.89. The molecule has 0 fully saturated rings. The Kier molecular flexibility index (Phi) is 10.9. The zero-order valence-electron chi connectivity index (χ0n) is 19.2. The Hall–Kier alpha value is -1.80. The van der Waals surface area contributed by atoms with Gasteiger partial charge in [0.25, 0.3) is 0 Å². The van der Waals surface area contributed by atoms with Crippen LogP contribution in [0.2, 0.25) is 10.0 Å². The largest absolute Gasteiger partial charge is 0.490 e. The van der Waals surface area contributed by atoms with Gasteiger partial charge in [-0.2, -0.15) is 13.2 Å². The molecule has 0 aromatic heterocycles. The minimum atomic E-state index is -4.65. The van der Waals surface area contributed by atoms with E-state index in [1.807, 2.05) is 0 Å². The summed E-state index contributed by atoms with van der Waals surface area (Å²) in [4.78, 5) is 4.99. The molecule has 0 heterocycles. The number of halogens is 7. The summed E-state index contributed by atoms with van der Waals surface area (Å²) < 4.78 is 51.4. The van der Waals surface area contributed by atoms with Gasteiger partial charge in [-0.3, -0.25) is 0 Å². The molecule has 11 heteroatoms. The number of rotatable bonds is 10. The van der Waals surface area contributed by atoms with E-state index in [-0.39, 0.29) is 26.7 Å². The van der Waals surface area contributed by atoms with Crippen LogP contribution in [-0.2, 0) is 11.3 Å². The summed E-state index contributed by atoms with van der Waals surface area (Å²) in [6.45, 7) is 5.30. The van der Waals surface area contributed by atoms with Gasteiger partial charge in [-0.25, -0.2) is 0 Å². The maximum Gasteiger partial charge on any atom is 0.437 e. The fourth-order valence-corrected chi connectivity index (χ4v) is 3.39. The van der Waals surface area contributed by atoms with Gasteiger partial charge in [-0.15, -0.1) is 0 Å². The van der Waals surface area contributed by atoms with Crippen molar-refractivity contribution in [3.05, 3.63) is 68.1 Å². The third-order valence-electron chi connectivity index (χ3n) is 4.22. The van der Waals surface area contributed by atoms with Crippen LogP contribution in [0, 0.1) is 0 Å². The van der Waals surface area contributed by atoms with Gasteiger partial charge in [0.1, 0.15) is 22.4 Å². The highest BCUT2D eigenvalue weighted by Gasteiger charge is 2.38. The highest BCUT2D eigenvalue weighted by atomic mass is 35.5. The van der Waals surface area contributed by atoms with E-state index < -0.39 is 17.5 Å². The smallest absolute Gasteiger partial charge is 0.437 e. The van der Waals surface area contributed by atoms with Gasteiger partial charge in [-0.05, 0) is 45.3 Å². The molecule has 0 N–H and O–H groups in total. The lowest BCUT2D eigenvalue weighted by molar-refractivity contribution is -0.0669. The average Bonchev–Trinajstić information content (AvgIpc) is 2.71. The maximum atomic E-state index is 13.4. The summed E-state index contributed by atoms with van der Waals surface area (Å²) in [6.07, 6.45) is -2.03. The van der Waals surface area contributed by atoms with Crippen molar-refractivity contribution in [2.24, 2.45) is 5.16 Å². The number of alkyl halides is 3. The monoisotopic (exact) mass is 571 g/mol. The minimum absolute atomic E-state index is 0.0774. The van der Waals surface area contributed by atoms with E-state index in [0.717, 1.165) is 5.56 Å². The molecule has 0 unspecified atom stereocenters. The second-order valence-electron chi connectivity index (χ2n) is 8.31. The quantitative estimate of drug-likeness (QED) is 0.162. The van der Waals surface area contributed by atoms with Crippen LogP contribution < -0.4 is 9.47 Å². The Morgan fingerprint density at radius 2 is 1.57 bits per heavy atom. The van der Waals surface area contributed by atoms with Crippen molar-refractivity contribution in [2.45, 2.75) is 45.4 Å². The van der Waals surface area contributed by atoms with E-state index in [2.05, 4.69) is 5.16 Å². The molecule has 2 aromatic rings. The fraction of sp³-hybridized carbons (Fsp3) is 0.375. The molecule has 0 aliphatic rings. The minimum Gasteiger partial charge on any atom is -0.490 e. The van der Waals surface area contributed by atoms with E-state index in [1.54, 1.807) is 45.0 Å². The number of ether oxygens (including phenoxy) is 2. The lowest BCUT2D eigenvalue weighted by Crippen LogP contribution is -2.26. The zero-order valence-corrected chi connectivity index (χ0v) is 22.2. The summed E-state index contributed by atoms with van der Waals surface area (Å²) >= 11 is 23.5. The van der Waals surface area contributed by atoms with Crippen LogP contribution in [0.15, 0.2) is 52.1 Å². The van der Waals surface area contributed by atoms with E-state index in [9.17, 15) is 13.2 Å². The molecule has 0 atom stereocenters. The van der Waals surface area contributed by atoms with Crippen LogP contribution in [-0.4, -0.2) is 30.7 Å². The summed E-state index contributed by atoms with van der Waals surface area (Å²) in [6, 6.07) is 9.07. The van der Waals surface area contributed by atoms with Crippen LogP contribution in [0.1, 0.15) is 38.3 Å². The lowest BCUT2D eigenvalue weighted by atomic mass is 10.0. The van der Waals surface area contributed by atoms with Crippen LogP contribution in [0.4, 0.5) is 13.2 Å². The third kappa shape index (κ3) is 10.4. The second-order valence-corrected chi connectivity index (χ2v) is 10.1. The van der Waals surface area contributed by atoms with Crippen molar-refractivity contribution >= 4 is 52.1 Å². The second kappa shape index (κ2) is 12.9. The van der Waals surface area contributed by atoms with Crippen LogP contribution in [0.3, 0.4) is 0 Å². The van der Waals surface area contributed by atoms with Gasteiger partial charge in [0.05, 0.1) is 16.7 Å². The van der Waals surface area contributed by atoms with E-state index in [0.29, 0.717) is 30.9 Å². The SMILES string of the molecule is CC(C)(C)ON=C(c1ccc(CCCOc2c(Cl)cc(OCC=C(Cl)Cl)cc2Cl)cc1)C(F)(F)F. The van der Waals surface area contributed by atoms with Crippen molar-refractivity contribution < 1.29 is 27.5 Å². The average molecular weight is 573 g/mol. The number of hydrogen-bond donors (Lipinski definition) is 0. The van der Waals surface area contributed by atoms with Gasteiger partial charge in [-0.1, -0.05) is 75.8 Å². The first-order valence-corrected chi connectivity index (χ1v) is 12.0. The standard InChI is InChI=1S/C24H24Cl4F3NO3/c1-23(2,3)35-32-22(24(29,30)31)16-8-6-15(7-9-16)5-4-11-34-21-18(25)13-17(14-19(21)26)33-12-10-20(27)28/h6-10,13-14H,4-5,11-12H2,1-3H3. The molecular weight excluding hydrogens is 549 g/mol. The first-order chi connectivity index (χ1) is 16.3. The summed E-state index contributed by atoms with van der Waals surface area (Å²) in [5.74, 6) is 0.736. The van der Waals surface area contributed by atoms with Crippen molar-refractivity contribution in [2.75, 3.05) is 13.2 Å². The molecule has 2 rings (SSSR count). The first kappa shape index (κ1) is 29.4. The molecule has 2 aromatic carbocycles. The van der Waals surface area contributed by atoms with Crippen molar-refractivity contribution in [1.82, 2.24) is 0 Å². The third-order valence-corrected chi connectivity index (χ3v) is 5.09. The van der Waals surface area contributed by atoms with Gasteiger partial charge in [0, 0.05) is 17.7 Å². The van der Waals surface area contributed by atoms with Gasteiger partial charge >= 0.3 is 6.18 Å². The molecule has 0 bridgehead atoms. The molecule has 0 radical (unpaired) electrons. The number of aryl methyl sites for hydroxylation is 1. The van der Waals surface area contributed by atoms with Crippen LogP contribution in [0.25, 0.3) is 0 Å². The molecule has 0 saturated heterocycles. The highest BCUT2D eigenvalue weighted by Crippen LogP contribution is 2.37. The molecule has 0 amide bonds. The number of benzene rings is 2. The predicted octanol–water partition coefficient (Wildman–Crippen LogP) is 8.78. The van der Waals surface area contributed by atoms with Crippen LogP contribution in [0.5, 0.6) is 11.5 Å². The van der Waals surface area contributed by atoms with Crippen molar-refractivity contribution in [3.8, 4) is 11.5 Å². The fourth-order valence-electron chi connectivity index (χ4n) is 2.69. The summed E-state index contributed by atoms with van der Waals surface area (Å²) in [5.41, 5.74) is -1.17. The molecule has 192 valence electrons. The van der Waals surface area contributed by atoms with Crippen LogP contribution >= 0.6 is 46.4 Å². The molecule has 0 spiro atoms. The molecule has 0 saturated carbocycles. The highest BCUT2D eigenvalue weighted by molar-refractivity contribution is 6.55. The Bertz CT molecular complexity index is 1020. The van der Waals surface area contributed by atoms with Gasteiger partial charge in [0.2, 0.25) is 0 Å². The number of hydrogen-bond acceptors (Lipinski definition) is 4. The maximum absolute atomic E-state index is 13.4. The number of oxime groups is 1. The van der Waals surface area contributed by atoms with E-state index >= 15 is 0 Å². The molecule has 0 aliphatic carbocycles. The molecule has 0 aliphatic heterocycles.